The molecule has 2 aromatic heterocycles. The van der Waals surface area contributed by atoms with Gasteiger partial charge in [-0.1, -0.05) is 115 Å². The molecule has 332 valence electrons. The minimum absolute atomic E-state index is 0.287. The summed E-state index contributed by atoms with van der Waals surface area (Å²) in [5.74, 6) is -0.576. The van der Waals surface area contributed by atoms with Crippen molar-refractivity contribution in [3.8, 4) is 22.5 Å². The molecule has 4 nitrogen and oxygen atoms in total. The topological polar surface area (TPSA) is 16.3 Å². The van der Waals surface area contributed by atoms with Crippen molar-refractivity contribution in [3.05, 3.63) is 266 Å². The van der Waals surface area contributed by atoms with Crippen LogP contribution < -0.4 is 9.80 Å². The molecule has 2 heterocycles. The molecular weight excluding hydrogens is 863 g/mol. The molecule has 0 amide bonds. The van der Waals surface area contributed by atoms with Gasteiger partial charge in [0.25, 0.3) is 0 Å². The van der Waals surface area contributed by atoms with E-state index < -0.39 is 0 Å². The van der Waals surface area contributed by atoms with Gasteiger partial charge in [0.05, 0.1) is 27.8 Å². The van der Waals surface area contributed by atoms with Crippen molar-refractivity contribution in [2.75, 3.05) is 9.80 Å². The Bertz CT molecular complexity index is 4070. The predicted octanol–water partition coefficient (Wildman–Crippen LogP) is 17.9. The number of anilines is 6. The highest BCUT2D eigenvalue weighted by Gasteiger charge is 2.21. The fourth-order valence-electron chi connectivity index (χ4n) is 10.5. The normalized spacial score (nSPS) is 11.6. The van der Waals surface area contributed by atoms with Crippen LogP contribution in [-0.4, -0.2) is 9.13 Å². The lowest BCUT2D eigenvalue weighted by Gasteiger charge is -2.27. The van der Waals surface area contributed by atoms with Gasteiger partial charge in [-0.05, 0) is 156 Å². The van der Waals surface area contributed by atoms with Gasteiger partial charge in [0.2, 0.25) is 0 Å². The first-order chi connectivity index (χ1) is 34.6. The van der Waals surface area contributed by atoms with Gasteiger partial charge in [0.15, 0.2) is 0 Å². The number of rotatable bonds is 9. The number of nitrogens with zero attached hydrogens (tertiary/aromatic N) is 4. The molecule has 0 saturated carbocycles. The Kier molecular flexibility index (Phi) is 9.84. The van der Waals surface area contributed by atoms with Crippen molar-refractivity contribution in [3.63, 3.8) is 0 Å². The lowest BCUT2D eigenvalue weighted by atomic mass is 9.96. The molecule has 0 saturated heterocycles. The molecule has 70 heavy (non-hydrogen) atoms. The Balaban J connectivity index is 0.923. The monoisotopic (exact) mass is 904 g/mol. The average molecular weight is 905 g/mol. The smallest absolute Gasteiger partial charge is 0.123 e. The van der Waals surface area contributed by atoms with Gasteiger partial charge in [0, 0.05) is 66.7 Å². The molecule has 13 rings (SSSR count). The van der Waals surface area contributed by atoms with E-state index in [4.69, 9.17) is 0 Å². The zero-order valence-corrected chi connectivity index (χ0v) is 37.8. The molecule has 0 atom stereocenters. The summed E-state index contributed by atoms with van der Waals surface area (Å²) in [7, 11) is 0. The molecule has 13 aromatic rings. The number of fused-ring (bicyclic) bond motifs is 7. The van der Waals surface area contributed by atoms with Crippen molar-refractivity contribution in [1.29, 1.82) is 0 Å². The van der Waals surface area contributed by atoms with E-state index in [0.717, 1.165) is 111 Å². The van der Waals surface area contributed by atoms with Crippen LogP contribution in [0.3, 0.4) is 0 Å². The summed E-state index contributed by atoms with van der Waals surface area (Å²) in [6.07, 6.45) is 0. The lowest BCUT2D eigenvalue weighted by molar-refractivity contribution is 0.627. The summed E-state index contributed by atoms with van der Waals surface area (Å²) in [6.45, 7) is 0. The van der Waals surface area contributed by atoms with E-state index in [1.54, 1.807) is 0 Å². The van der Waals surface area contributed by atoms with Gasteiger partial charge in [0.1, 0.15) is 11.6 Å². The maximum Gasteiger partial charge on any atom is 0.123 e. The number of hydrogen-bond donors (Lipinski definition) is 0. The predicted molar refractivity (Wildman–Crippen MR) is 287 cm³/mol. The average Bonchev–Trinajstić information content (AvgIpc) is 3.93. The summed E-state index contributed by atoms with van der Waals surface area (Å²) in [4.78, 5) is 4.42. The van der Waals surface area contributed by atoms with E-state index in [9.17, 15) is 8.78 Å². The van der Waals surface area contributed by atoms with E-state index in [1.807, 2.05) is 36.4 Å². The van der Waals surface area contributed by atoms with Crippen molar-refractivity contribution >= 4 is 88.5 Å². The first-order valence-corrected chi connectivity index (χ1v) is 23.5. The van der Waals surface area contributed by atoms with Crippen LogP contribution in [0, 0.1) is 11.6 Å². The maximum atomic E-state index is 14.6. The summed E-state index contributed by atoms with van der Waals surface area (Å²) >= 11 is 0. The second kappa shape index (κ2) is 16.8. The van der Waals surface area contributed by atoms with E-state index >= 15 is 0 Å². The van der Waals surface area contributed by atoms with Crippen LogP contribution in [-0.2, 0) is 0 Å². The Morgan fingerprint density at radius 3 is 1.21 bits per heavy atom. The number of halogens is 2. The highest BCUT2D eigenvalue weighted by molar-refractivity contribution is 6.13. The highest BCUT2D eigenvalue weighted by atomic mass is 19.1. The Morgan fingerprint density at radius 2 is 0.671 bits per heavy atom. The second-order valence-corrected chi connectivity index (χ2v) is 17.6. The quantitative estimate of drug-likeness (QED) is 0.143. The van der Waals surface area contributed by atoms with Crippen molar-refractivity contribution in [2.24, 2.45) is 0 Å². The van der Waals surface area contributed by atoms with Crippen LogP contribution in [0.25, 0.3) is 76.9 Å². The van der Waals surface area contributed by atoms with Crippen molar-refractivity contribution in [2.45, 2.75) is 0 Å². The first-order valence-electron chi connectivity index (χ1n) is 23.5. The summed E-state index contributed by atoms with van der Waals surface area (Å²) in [6, 6.07) is 86.1. The Morgan fingerprint density at radius 1 is 0.271 bits per heavy atom. The number of aromatic nitrogens is 2. The molecule has 0 aliphatic rings. The maximum absolute atomic E-state index is 14.6. The van der Waals surface area contributed by atoms with Gasteiger partial charge >= 0.3 is 0 Å². The largest absolute Gasteiger partial charge is 0.310 e. The molecule has 0 N–H and O–H groups in total. The van der Waals surface area contributed by atoms with Crippen LogP contribution in [0.15, 0.2) is 255 Å². The Labute approximate surface area is 403 Å². The summed E-state index contributed by atoms with van der Waals surface area (Å²) in [5, 5.41) is 6.69. The minimum atomic E-state index is -0.289. The Hall–Kier alpha value is -9.26. The third kappa shape index (κ3) is 6.88. The first kappa shape index (κ1) is 41.0. The van der Waals surface area contributed by atoms with Crippen LogP contribution in [0.4, 0.5) is 42.9 Å². The zero-order chi connectivity index (χ0) is 46.7. The van der Waals surface area contributed by atoms with Gasteiger partial charge in [-0.3, -0.25) is 0 Å². The van der Waals surface area contributed by atoms with Crippen molar-refractivity contribution < 1.29 is 8.78 Å². The number of hydrogen-bond acceptors (Lipinski definition) is 2. The molecule has 0 radical (unpaired) electrons. The minimum Gasteiger partial charge on any atom is -0.310 e. The SMILES string of the molecule is Fc1ccc(N(c2ccc(-c3cccc4c(N(c5ccc(F)cc5)c5ccc6c(c5)c5ccccc5n6-c5ccccc5)cccc34)cc2)c2ccc3c(c2)c2ccccc2n3-c2ccccc2)cc1. The van der Waals surface area contributed by atoms with Gasteiger partial charge in [-0.2, -0.15) is 0 Å². The molecule has 0 spiro atoms. The molecule has 0 unspecified atom stereocenters. The molecule has 0 bridgehead atoms. The van der Waals surface area contributed by atoms with Crippen LogP contribution in [0.1, 0.15) is 0 Å². The van der Waals surface area contributed by atoms with E-state index in [-0.39, 0.29) is 11.6 Å². The van der Waals surface area contributed by atoms with Crippen LogP contribution in [0.2, 0.25) is 0 Å². The van der Waals surface area contributed by atoms with E-state index in [0.29, 0.717) is 0 Å². The molecule has 11 aromatic carbocycles. The van der Waals surface area contributed by atoms with E-state index in [1.165, 1.54) is 24.3 Å². The van der Waals surface area contributed by atoms with Crippen LogP contribution in [0.5, 0.6) is 0 Å². The van der Waals surface area contributed by atoms with Crippen molar-refractivity contribution in [1.82, 2.24) is 9.13 Å². The third-order valence-electron chi connectivity index (χ3n) is 13.6. The fourth-order valence-corrected chi connectivity index (χ4v) is 10.5. The molecule has 0 aliphatic heterocycles. The third-order valence-corrected chi connectivity index (χ3v) is 13.6. The lowest BCUT2D eigenvalue weighted by Crippen LogP contribution is -2.10. The van der Waals surface area contributed by atoms with Gasteiger partial charge in [-0.15, -0.1) is 0 Å². The zero-order valence-electron chi connectivity index (χ0n) is 37.8. The van der Waals surface area contributed by atoms with Gasteiger partial charge < -0.3 is 18.9 Å². The standard InChI is InChI=1S/C64H42F2N4/c65-44-27-33-49(34-28-44)67(51-37-39-63-58(41-51)56-17-7-9-22-61(56)69(63)46-13-3-1-4-14-46)48-31-25-43(26-32-48)53-19-11-21-55-54(53)20-12-24-60(55)68(50-35-29-45(66)30-36-50)52-38-40-64-59(42-52)57-18-8-10-23-62(57)70(64)47-15-5-2-6-16-47/h1-42H. The van der Waals surface area contributed by atoms with Crippen LogP contribution >= 0.6 is 0 Å². The summed E-state index contributed by atoms with van der Waals surface area (Å²) < 4.78 is 33.7. The van der Waals surface area contributed by atoms with Gasteiger partial charge in [-0.25, -0.2) is 8.78 Å². The molecule has 6 heteroatoms. The highest BCUT2D eigenvalue weighted by Crippen LogP contribution is 2.45. The summed E-state index contributed by atoms with van der Waals surface area (Å²) in [5.41, 5.74) is 14.3. The molecule has 0 aliphatic carbocycles. The molecule has 0 fully saturated rings. The van der Waals surface area contributed by atoms with E-state index in [2.05, 4.69) is 213 Å². The second-order valence-electron chi connectivity index (χ2n) is 17.6. The fraction of sp³-hybridized carbons (Fsp3) is 0. The molecular formula is C64H42F2N4. The number of para-hydroxylation sites is 4. The number of benzene rings is 11.